The first-order chi connectivity index (χ1) is 16.2. The number of esters is 1. The van der Waals surface area contributed by atoms with Gasteiger partial charge in [-0.05, 0) is 30.3 Å². The first kappa shape index (κ1) is 20.8. The number of amides is 1. The molecule has 1 saturated heterocycles. The molecule has 0 saturated carbocycles. The number of imidazole rings is 1. The van der Waals surface area contributed by atoms with Gasteiger partial charge in [0.1, 0.15) is 5.82 Å². The van der Waals surface area contributed by atoms with E-state index < -0.39 is 5.97 Å². The van der Waals surface area contributed by atoms with Crippen LogP contribution in [0.5, 0.6) is 0 Å². The molecule has 0 spiro atoms. The average molecular weight is 441 g/mol. The molecule has 7 heteroatoms. The lowest BCUT2D eigenvalue weighted by molar-refractivity contribution is -0.134. The topological polar surface area (TPSA) is 78.5 Å². The molecule has 0 unspecified atom stereocenters. The Bertz CT molecular complexity index is 1260. The summed E-state index contributed by atoms with van der Waals surface area (Å²) >= 11 is 0. The summed E-state index contributed by atoms with van der Waals surface area (Å²) in [5.41, 5.74) is 4.01. The highest BCUT2D eigenvalue weighted by Crippen LogP contribution is 2.21. The third-order valence-corrected chi connectivity index (χ3v) is 5.85. The second kappa shape index (κ2) is 9.16. The van der Waals surface area contributed by atoms with Crippen molar-refractivity contribution in [2.24, 2.45) is 0 Å². The molecule has 1 aliphatic heterocycles. The molecule has 0 radical (unpaired) electrons. The van der Waals surface area contributed by atoms with Crippen LogP contribution in [0, 0.1) is 0 Å². The fraction of sp³-hybridized carbons (Fsp3) is 0.192. The van der Waals surface area contributed by atoms with E-state index in [4.69, 9.17) is 4.74 Å². The zero-order valence-corrected chi connectivity index (χ0v) is 18.1. The summed E-state index contributed by atoms with van der Waals surface area (Å²) in [6.45, 7) is 2.45. The maximum atomic E-state index is 12.6. The SMILES string of the molecule is O=C(OCC(=O)N1CCN(c2ccccc2)CC1)c1ccc2nc(-c3ccccc3)[nH]c2c1. The molecule has 1 amide bonds. The Labute approximate surface area is 191 Å². The number of carbonyl (C=O) groups excluding carboxylic acids is 2. The molecule has 1 N–H and O–H groups in total. The number of H-pyrrole nitrogens is 1. The van der Waals surface area contributed by atoms with Crippen LogP contribution in [0.25, 0.3) is 22.4 Å². The van der Waals surface area contributed by atoms with Crippen LogP contribution in [-0.4, -0.2) is 59.5 Å². The Morgan fingerprint density at radius 1 is 0.879 bits per heavy atom. The number of nitrogens with zero attached hydrogens (tertiary/aromatic N) is 3. The second-order valence-corrected chi connectivity index (χ2v) is 7.96. The minimum atomic E-state index is -0.524. The predicted octanol–water partition coefficient (Wildman–Crippen LogP) is 3.74. The summed E-state index contributed by atoms with van der Waals surface area (Å²) in [4.78, 5) is 36.9. The average Bonchev–Trinajstić information content (AvgIpc) is 3.32. The molecule has 0 bridgehead atoms. The van der Waals surface area contributed by atoms with E-state index in [1.54, 1.807) is 23.1 Å². The Hall–Kier alpha value is -4.13. The van der Waals surface area contributed by atoms with Gasteiger partial charge in [-0.25, -0.2) is 9.78 Å². The molecular formula is C26H24N4O3. The van der Waals surface area contributed by atoms with Gasteiger partial charge < -0.3 is 19.5 Å². The smallest absolute Gasteiger partial charge is 0.338 e. The summed E-state index contributed by atoms with van der Waals surface area (Å²) in [6.07, 6.45) is 0. The third kappa shape index (κ3) is 4.57. The van der Waals surface area contributed by atoms with Gasteiger partial charge in [-0.15, -0.1) is 0 Å². The van der Waals surface area contributed by atoms with Crippen LogP contribution in [0.15, 0.2) is 78.9 Å². The summed E-state index contributed by atoms with van der Waals surface area (Å²) in [5.74, 6) is 0.0371. The predicted molar refractivity (Wildman–Crippen MR) is 127 cm³/mol. The molecule has 4 aromatic rings. The van der Waals surface area contributed by atoms with Gasteiger partial charge >= 0.3 is 5.97 Å². The number of aromatic amines is 1. The number of anilines is 1. The number of rotatable bonds is 5. The van der Waals surface area contributed by atoms with E-state index in [1.165, 1.54) is 0 Å². The zero-order chi connectivity index (χ0) is 22.6. The number of hydrogen-bond donors (Lipinski definition) is 1. The lowest BCUT2D eigenvalue weighted by atomic mass is 10.2. The fourth-order valence-corrected chi connectivity index (χ4v) is 4.02. The Kier molecular flexibility index (Phi) is 5.76. The minimum absolute atomic E-state index is 0.176. The van der Waals surface area contributed by atoms with Crippen LogP contribution < -0.4 is 4.90 Å². The van der Waals surface area contributed by atoms with E-state index in [1.807, 2.05) is 48.5 Å². The summed E-state index contributed by atoms with van der Waals surface area (Å²) in [5, 5.41) is 0. The second-order valence-electron chi connectivity index (χ2n) is 7.96. The van der Waals surface area contributed by atoms with Gasteiger partial charge in [-0.1, -0.05) is 48.5 Å². The van der Waals surface area contributed by atoms with E-state index in [0.717, 1.165) is 41.2 Å². The largest absolute Gasteiger partial charge is 0.452 e. The molecule has 1 aliphatic rings. The number of benzene rings is 3. The van der Waals surface area contributed by atoms with E-state index >= 15 is 0 Å². The molecule has 33 heavy (non-hydrogen) atoms. The third-order valence-electron chi connectivity index (χ3n) is 5.85. The monoisotopic (exact) mass is 440 g/mol. The molecule has 1 fully saturated rings. The van der Waals surface area contributed by atoms with Crippen LogP contribution >= 0.6 is 0 Å². The number of carbonyl (C=O) groups is 2. The van der Waals surface area contributed by atoms with E-state index in [2.05, 4.69) is 27.0 Å². The summed E-state index contributed by atoms with van der Waals surface area (Å²) in [7, 11) is 0. The highest BCUT2D eigenvalue weighted by molar-refractivity contribution is 5.95. The highest BCUT2D eigenvalue weighted by Gasteiger charge is 2.22. The molecule has 1 aromatic heterocycles. The van der Waals surface area contributed by atoms with Gasteiger partial charge in [0.05, 0.1) is 16.6 Å². The number of para-hydroxylation sites is 1. The van der Waals surface area contributed by atoms with Crippen LogP contribution in [0.1, 0.15) is 10.4 Å². The molecule has 0 atom stereocenters. The van der Waals surface area contributed by atoms with Crippen LogP contribution in [0.4, 0.5) is 5.69 Å². The lowest BCUT2D eigenvalue weighted by Crippen LogP contribution is -2.49. The Morgan fingerprint density at radius 2 is 1.58 bits per heavy atom. The molecule has 2 heterocycles. The molecular weight excluding hydrogens is 416 g/mol. The molecule has 3 aromatic carbocycles. The van der Waals surface area contributed by atoms with Crippen molar-refractivity contribution in [3.8, 4) is 11.4 Å². The fourth-order valence-electron chi connectivity index (χ4n) is 4.02. The Balaban J connectivity index is 1.17. The van der Waals surface area contributed by atoms with Crippen LogP contribution in [0.2, 0.25) is 0 Å². The highest BCUT2D eigenvalue weighted by atomic mass is 16.5. The van der Waals surface area contributed by atoms with Gasteiger partial charge in [0.2, 0.25) is 0 Å². The lowest BCUT2D eigenvalue weighted by Gasteiger charge is -2.36. The first-order valence-electron chi connectivity index (χ1n) is 11.0. The molecule has 0 aliphatic carbocycles. The Morgan fingerprint density at radius 3 is 2.30 bits per heavy atom. The van der Waals surface area contributed by atoms with Crippen molar-refractivity contribution in [3.05, 3.63) is 84.4 Å². The minimum Gasteiger partial charge on any atom is -0.452 e. The van der Waals surface area contributed by atoms with Crippen molar-refractivity contribution in [1.29, 1.82) is 0 Å². The summed E-state index contributed by atoms with van der Waals surface area (Å²) < 4.78 is 5.32. The van der Waals surface area contributed by atoms with Gasteiger partial charge in [-0.2, -0.15) is 0 Å². The van der Waals surface area contributed by atoms with Gasteiger partial charge in [0.25, 0.3) is 5.91 Å². The number of fused-ring (bicyclic) bond motifs is 1. The molecule has 7 nitrogen and oxygen atoms in total. The maximum Gasteiger partial charge on any atom is 0.338 e. The molecule has 5 rings (SSSR count). The zero-order valence-electron chi connectivity index (χ0n) is 18.1. The van der Waals surface area contributed by atoms with Gasteiger partial charge in [0.15, 0.2) is 6.61 Å². The van der Waals surface area contributed by atoms with Gasteiger partial charge in [-0.3, -0.25) is 4.79 Å². The van der Waals surface area contributed by atoms with E-state index in [9.17, 15) is 9.59 Å². The van der Waals surface area contributed by atoms with Crippen LogP contribution in [-0.2, 0) is 9.53 Å². The van der Waals surface area contributed by atoms with Crippen molar-refractivity contribution in [1.82, 2.24) is 14.9 Å². The maximum absolute atomic E-state index is 12.6. The number of hydrogen-bond acceptors (Lipinski definition) is 5. The van der Waals surface area contributed by atoms with Crippen molar-refractivity contribution >= 4 is 28.6 Å². The summed E-state index contributed by atoms with van der Waals surface area (Å²) in [6, 6.07) is 25.1. The number of nitrogens with one attached hydrogen (secondary N) is 1. The van der Waals surface area contributed by atoms with E-state index in [-0.39, 0.29) is 12.5 Å². The standard InChI is InChI=1S/C26H24N4O3/c31-24(30-15-13-29(14-16-30)21-9-5-2-6-10-21)18-33-26(32)20-11-12-22-23(17-20)28-25(27-22)19-7-3-1-4-8-19/h1-12,17H,13-16,18H2,(H,27,28). The van der Waals surface area contributed by atoms with Gasteiger partial charge in [0, 0.05) is 37.4 Å². The number of aromatic nitrogens is 2. The van der Waals surface area contributed by atoms with Crippen molar-refractivity contribution in [2.45, 2.75) is 0 Å². The van der Waals surface area contributed by atoms with Crippen molar-refractivity contribution < 1.29 is 14.3 Å². The molecule has 166 valence electrons. The number of piperazine rings is 1. The normalized spacial score (nSPS) is 13.8. The van der Waals surface area contributed by atoms with Crippen molar-refractivity contribution in [2.75, 3.05) is 37.7 Å². The van der Waals surface area contributed by atoms with Crippen LogP contribution in [0.3, 0.4) is 0 Å². The quantitative estimate of drug-likeness (QED) is 0.479. The number of ether oxygens (including phenoxy) is 1. The first-order valence-corrected chi connectivity index (χ1v) is 11.0. The van der Waals surface area contributed by atoms with Crippen molar-refractivity contribution in [3.63, 3.8) is 0 Å². The van der Waals surface area contributed by atoms with E-state index in [0.29, 0.717) is 18.7 Å².